The molecule has 0 saturated carbocycles. The molecule has 0 radical (unpaired) electrons. The maximum absolute atomic E-state index is 4.46. The van der Waals surface area contributed by atoms with E-state index in [1.165, 1.54) is 12.8 Å². The Morgan fingerprint density at radius 1 is 1.26 bits per heavy atom. The minimum atomic E-state index is 0.416. The molecule has 0 aliphatic rings. The Morgan fingerprint density at radius 3 is 2.63 bits per heavy atom. The summed E-state index contributed by atoms with van der Waals surface area (Å²) in [5.74, 6) is 2.31. The Hall–Kier alpha value is -0.840. The van der Waals surface area contributed by atoms with Crippen molar-refractivity contribution in [1.29, 1.82) is 0 Å². The molecule has 1 aromatic heterocycles. The van der Waals surface area contributed by atoms with E-state index >= 15 is 0 Å². The smallest absolute Gasteiger partial charge is 0.224 e. The highest BCUT2D eigenvalue weighted by Gasteiger charge is 2.08. The molecule has 1 aromatic rings. The molecule has 1 rings (SSSR count). The predicted molar refractivity (Wildman–Crippen MR) is 85.7 cm³/mol. The molecular formula is C14H25BrN4. The average molecular weight is 329 g/mol. The minimum absolute atomic E-state index is 0.416. The van der Waals surface area contributed by atoms with Crippen LogP contribution >= 0.6 is 15.9 Å². The summed E-state index contributed by atoms with van der Waals surface area (Å²) >= 11 is 3.49. The zero-order valence-electron chi connectivity index (χ0n) is 12.3. The van der Waals surface area contributed by atoms with Crippen LogP contribution in [0.4, 0.5) is 11.8 Å². The second-order valence-electron chi connectivity index (χ2n) is 5.29. The predicted octanol–water partition coefficient (Wildman–Crippen LogP) is 4.30. The lowest BCUT2D eigenvalue weighted by molar-refractivity contribution is 0.520. The number of hydrogen-bond donors (Lipinski definition) is 2. The van der Waals surface area contributed by atoms with Crippen molar-refractivity contribution in [2.75, 3.05) is 17.2 Å². The Kier molecular flexibility index (Phi) is 7.13. The highest BCUT2D eigenvalue weighted by Crippen LogP contribution is 2.22. The van der Waals surface area contributed by atoms with Gasteiger partial charge in [-0.3, -0.25) is 0 Å². The van der Waals surface area contributed by atoms with E-state index < -0.39 is 0 Å². The fourth-order valence-corrected chi connectivity index (χ4v) is 2.15. The number of hydrogen-bond acceptors (Lipinski definition) is 4. The summed E-state index contributed by atoms with van der Waals surface area (Å²) in [6, 6.07) is 0.416. The Morgan fingerprint density at radius 2 is 2.00 bits per heavy atom. The van der Waals surface area contributed by atoms with Crippen LogP contribution in [-0.4, -0.2) is 22.6 Å². The molecule has 108 valence electrons. The van der Waals surface area contributed by atoms with E-state index in [2.05, 4.69) is 57.3 Å². The summed E-state index contributed by atoms with van der Waals surface area (Å²) in [4.78, 5) is 8.68. The third-order valence-corrected chi connectivity index (χ3v) is 3.46. The maximum Gasteiger partial charge on any atom is 0.224 e. The molecule has 0 saturated heterocycles. The first-order valence-electron chi connectivity index (χ1n) is 7.05. The first-order chi connectivity index (χ1) is 9.02. The van der Waals surface area contributed by atoms with Crippen LogP contribution in [0.25, 0.3) is 0 Å². The quantitative estimate of drug-likeness (QED) is 0.747. The molecule has 1 unspecified atom stereocenters. The van der Waals surface area contributed by atoms with E-state index in [4.69, 9.17) is 0 Å². The number of aromatic nitrogens is 2. The largest absolute Gasteiger partial charge is 0.367 e. The van der Waals surface area contributed by atoms with Gasteiger partial charge in [0.15, 0.2) is 0 Å². The molecule has 2 N–H and O–H groups in total. The lowest BCUT2D eigenvalue weighted by Crippen LogP contribution is -2.17. The normalized spacial score (nSPS) is 12.5. The maximum atomic E-state index is 4.46. The van der Waals surface area contributed by atoms with Gasteiger partial charge in [0.05, 0.1) is 4.47 Å². The molecule has 0 bridgehead atoms. The van der Waals surface area contributed by atoms with Gasteiger partial charge < -0.3 is 10.6 Å². The number of anilines is 2. The summed E-state index contributed by atoms with van der Waals surface area (Å²) in [5.41, 5.74) is 0. The van der Waals surface area contributed by atoms with E-state index in [0.717, 1.165) is 29.2 Å². The van der Waals surface area contributed by atoms with E-state index in [1.807, 2.05) is 6.92 Å². The van der Waals surface area contributed by atoms with Gasteiger partial charge in [0.1, 0.15) is 5.82 Å². The SMILES string of the molecule is CCNc1ncc(Br)c(NC(C)CCCC(C)C)n1. The van der Waals surface area contributed by atoms with Gasteiger partial charge in [0.2, 0.25) is 5.95 Å². The zero-order valence-corrected chi connectivity index (χ0v) is 13.9. The van der Waals surface area contributed by atoms with E-state index in [-0.39, 0.29) is 0 Å². The Labute approximate surface area is 124 Å². The van der Waals surface area contributed by atoms with Gasteiger partial charge in [-0.05, 0) is 42.1 Å². The standard InChI is InChI=1S/C14H25BrN4/c1-5-16-14-17-9-12(15)13(19-14)18-11(4)8-6-7-10(2)3/h9-11H,5-8H2,1-4H3,(H2,16,17,18,19). The highest BCUT2D eigenvalue weighted by atomic mass is 79.9. The van der Waals surface area contributed by atoms with Crippen LogP contribution in [0.5, 0.6) is 0 Å². The average Bonchev–Trinajstić information content (AvgIpc) is 2.33. The number of rotatable bonds is 8. The van der Waals surface area contributed by atoms with Crippen molar-refractivity contribution >= 4 is 27.7 Å². The fraction of sp³-hybridized carbons (Fsp3) is 0.714. The third-order valence-electron chi connectivity index (χ3n) is 2.88. The Bertz CT molecular complexity index is 382. The van der Waals surface area contributed by atoms with Gasteiger partial charge in [-0.25, -0.2) is 4.98 Å². The van der Waals surface area contributed by atoms with E-state index in [0.29, 0.717) is 12.0 Å². The van der Waals surface area contributed by atoms with Crippen LogP contribution in [-0.2, 0) is 0 Å². The van der Waals surface area contributed by atoms with Crippen LogP contribution in [0, 0.1) is 5.92 Å². The van der Waals surface area contributed by atoms with Crippen molar-refractivity contribution in [3.05, 3.63) is 10.7 Å². The molecule has 5 heteroatoms. The highest BCUT2D eigenvalue weighted by molar-refractivity contribution is 9.10. The fourth-order valence-electron chi connectivity index (χ4n) is 1.85. The van der Waals surface area contributed by atoms with Crippen LogP contribution < -0.4 is 10.6 Å². The summed E-state index contributed by atoms with van der Waals surface area (Å²) in [6.07, 6.45) is 5.47. The lowest BCUT2D eigenvalue weighted by Gasteiger charge is -2.16. The lowest BCUT2D eigenvalue weighted by atomic mass is 10.0. The summed E-state index contributed by atoms with van der Waals surface area (Å²) in [5, 5.41) is 6.57. The topological polar surface area (TPSA) is 49.8 Å². The van der Waals surface area contributed by atoms with Crippen molar-refractivity contribution in [3.8, 4) is 0 Å². The monoisotopic (exact) mass is 328 g/mol. The van der Waals surface area contributed by atoms with Crippen molar-refractivity contribution in [2.24, 2.45) is 5.92 Å². The van der Waals surface area contributed by atoms with Crippen LogP contribution in [0.15, 0.2) is 10.7 Å². The second-order valence-corrected chi connectivity index (χ2v) is 6.14. The van der Waals surface area contributed by atoms with Crippen molar-refractivity contribution in [3.63, 3.8) is 0 Å². The van der Waals surface area contributed by atoms with Crippen molar-refractivity contribution < 1.29 is 0 Å². The molecule has 0 aliphatic heterocycles. The first-order valence-corrected chi connectivity index (χ1v) is 7.85. The summed E-state index contributed by atoms with van der Waals surface area (Å²) < 4.78 is 0.907. The van der Waals surface area contributed by atoms with Crippen molar-refractivity contribution in [1.82, 2.24) is 9.97 Å². The van der Waals surface area contributed by atoms with Gasteiger partial charge in [-0.15, -0.1) is 0 Å². The van der Waals surface area contributed by atoms with Gasteiger partial charge in [-0.2, -0.15) is 4.98 Å². The van der Waals surface area contributed by atoms with E-state index in [9.17, 15) is 0 Å². The molecule has 0 aromatic carbocycles. The molecule has 1 atom stereocenters. The number of halogens is 1. The van der Waals surface area contributed by atoms with Crippen LogP contribution in [0.1, 0.15) is 47.0 Å². The zero-order chi connectivity index (χ0) is 14.3. The van der Waals surface area contributed by atoms with Gasteiger partial charge in [0, 0.05) is 18.8 Å². The number of nitrogens with one attached hydrogen (secondary N) is 2. The molecule has 4 nitrogen and oxygen atoms in total. The van der Waals surface area contributed by atoms with Crippen LogP contribution in [0.2, 0.25) is 0 Å². The minimum Gasteiger partial charge on any atom is -0.367 e. The van der Waals surface area contributed by atoms with Gasteiger partial charge in [-0.1, -0.05) is 26.7 Å². The third kappa shape index (κ3) is 6.23. The van der Waals surface area contributed by atoms with Crippen LogP contribution in [0.3, 0.4) is 0 Å². The molecule has 0 aliphatic carbocycles. The first kappa shape index (κ1) is 16.2. The molecule has 0 spiro atoms. The second kappa shape index (κ2) is 8.35. The van der Waals surface area contributed by atoms with Gasteiger partial charge >= 0.3 is 0 Å². The molecule has 0 fully saturated rings. The molecule has 0 amide bonds. The number of nitrogens with zero attached hydrogens (tertiary/aromatic N) is 2. The van der Waals surface area contributed by atoms with Gasteiger partial charge in [0.25, 0.3) is 0 Å². The Balaban J connectivity index is 2.52. The van der Waals surface area contributed by atoms with E-state index in [1.54, 1.807) is 6.20 Å². The van der Waals surface area contributed by atoms with Crippen molar-refractivity contribution in [2.45, 2.75) is 53.0 Å². The summed E-state index contributed by atoms with van der Waals surface area (Å²) in [6.45, 7) is 9.59. The molecule has 1 heterocycles. The molecule has 19 heavy (non-hydrogen) atoms. The summed E-state index contributed by atoms with van der Waals surface area (Å²) in [7, 11) is 0. The molecular weight excluding hydrogens is 304 g/mol.